The molecule has 1 aromatic carbocycles. The van der Waals surface area contributed by atoms with Gasteiger partial charge >= 0.3 is 11.7 Å². The van der Waals surface area contributed by atoms with Crippen molar-refractivity contribution in [2.45, 2.75) is 23.8 Å². The zero-order valence-corrected chi connectivity index (χ0v) is 13.6. The number of aromatic amines is 1. The van der Waals surface area contributed by atoms with Crippen molar-refractivity contribution < 1.29 is 19.4 Å². The minimum Gasteiger partial charge on any atom is -0.459 e. The van der Waals surface area contributed by atoms with Crippen LogP contribution in [0.4, 0.5) is 0 Å². The van der Waals surface area contributed by atoms with Crippen molar-refractivity contribution in [2.24, 2.45) is 0 Å². The number of halogens is 1. The number of aliphatic hydroxyl groups is 1. The van der Waals surface area contributed by atoms with E-state index in [1.807, 2.05) is 0 Å². The molecule has 0 bridgehead atoms. The molecule has 2 aromatic rings. The number of carbonyl (C=O) groups excluding carboxylic acids is 1. The van der Waals surface area contributed by atoms with Gasteiger partial charge in [-0.1, -0.05) is 18.2 Å². The summed E-state index contributed by atoms with van der Waals surface area (Å²) < 4.78 is 11.8. The van der Waals surface area contributed by atoms with Crippen LogP contribution in [-0.4, -0.2) is 44.8 Å². The Balaban J connectivity index is 1.69. The van der Waals surface area contributed by atoms with Crippen LogP contribution in [0, 0.1) is 0 Å². The first-order valence-electron chi connectivity index (χ1n) is 7.48. The zero-order valence-electron chi connectivity index (χ0n) is 12.9. The molecule has 1 aliphatic rings. The largest absolute Gasteiger partial charge is 0.459 e. The minimum absolute atomic E-state index is 0.229. The Morgan fingerprint density at radius 1 is 1.28 bits per heavy atom. The molecule has 1 saturated heterocycles. The minimum atomic E-state index is -1.16. The molecule has 0 radical (unpaired) electrons. The van der Waals surface area contributed by atoms with E-state index >= 15 is 0 Å². The van der Waals surface area contributed by atoms with Crippen molar-refractivity contribution in [1.29, 1.82) is 0 Å². The highest BCUT2D eigenvalue weighted by Crippen LogP contribution is 2.32. The molecule has 1 aromatic heterocycles. The Bertz CT molecular complexity index is 865. The highest BCUT2D eigenvalue weighted by Gasteiger charge is 2.44. The molecule has 2 N–H and O–H groups in total. The van der Waals surface area contributed by atoms with Crippen LogP contribution in [0.15, 0.2) is 52.2 Å². The number of hydrogen-bond acceptors (Lipinski definition) is 6. The van der Waals surface area contributed by atoms with E-state index in [0.717, 1.165) is 10.6 Å². The first kappa shape index (κ1) is 17.4. The van der Waals surface area contributed by atoms with Gasteiger partial charge < -0.3 is 14.6 Å². The van der Waals surface area contributed by atoms with Crippen LogP contribution < -0.4 is 11.2 Å². The molecule has 9 heteroatoms. The molecular weight excluding hydrogens is 352 g/mol. The summed E-state index contributed by atoms with van der Waals surface area (Å²) in [5.74, 6) is -0.563. The topological polar surface area (TPSA) is 111 Å². The van der Waals surface area contributed by atoms with E-state index in [1.165, 1.54) is 6.20 Å². The van der Waals surface area contributed by atoms with Gasteiger partial charge in [-0.2, -0.15) is 0 Å². The summed E-state index contributed by atoms with van der Waals surface area (Å²) in [5.41, 5.74) is -0.901. The number of nitrogens with zero attached hydrogens (tertiary/aromatic N) is 1. The van der Waals surface area contributed by atoms with Crippen LogP contribution in [0.2, 0.25) is 0 Å². The number of aliphatic hydroxyl groups excluding tert-OH is 1. The van der Waals surface area contributed by atoms with Gasteiger partial charge in [0.25, 0.3) is 5.56 Å². The number of rotatable bonds is 4. The van der Waals surface area contributed by atoms with E-state index in [2.05, 4.69) is 4.98 Å². The van der Waals surface area contributed by atoms with Crippen molar-refractivity contribution in [3.05, 3.63) is 69.0 Å². The van der Waals surface area contributed by atoms with Gasteiger partial charge in [0.05, 0.1) is 5.56 Å². The molecular formula is C16H15ClN2O6. The third kappa shape index (κ3) is 3.65. The first-order valence-corrected chi connectivity index (χ1v) is 7.92. The summed E-state index contributed by atoms with van der Waals surface area (Å²) >= 11 is 6.13. The number of benzene rings is 1. The van der Waals surface area contributed by atoms with Gasteiger partial charge in [0.15, 0.2) is 6.23 Å². The Hall–Kier alpha value is -2.42. The second-order valence-electron chi connectivity index (χ2n) is 5.48. The normalized spacial score (nSPS) is 25.7. The van der Waals surface area contributed by atoms with Gasteiger partial charge in [0.1, 0.15) is 24.2 Å². The maximum atomic E-state index is 11.9. The predicted molar refractivity (Wildman–Crippen MR) is 87.6 cm³/mol. The highest BCUT2D eigenvalue weighted by molar-refractivity contribution is 6.21. The van der Waals surface area contributed by atoms with Crippen LogP contribution in [0.5, 0.6) is 0 Å². The molecule has 2 heterocycles. The number of ether oxygens (including phenoxy) is 2. The number of hydrogen-bond donors (Lipinski definition) is 2. The molecule has 1 aliphatic heterocycles. The number of H-pyrrole nitrogens is 1. The van der Waals surface area contributed by atoms with Gasteiger partial charge in [0.2, 0.25) is 0 Å². The van der Waals surface area contributed by atoms with E-state index in [1.54, 1.807) is 30.3 Å². The number of nitrogens with one attached hydrogen (secondary N) is 1. The lowest BCUT2D eigenvalue weighted by Gasteiger charge is -2.16. The Labute approximate surface area is 146 Å². The summed E-state index contributed by atoms with van der Waals surface area (Å²) in [4.78, 5) is 37.0. The van der Waals surface area contributed by atoms with E-state index < -0.39 is 41.0 Å². The van der Waals surface area contributed by atoms with Crippen LogP contribution >= 0.6 is 11.6 Å². The summed E-state index contributed by atoms with van der Waals surface area (Å²) in [5, 5.41) is 9.23. The van der Waals surface area contributed by atoms with E-state index in [0.29, 0.717) is 5.56 Å². The quantitative estimate of drug-likeness (QED) is 0.593. The monoisotopic (exact) mass is 366 g/mol. The fourth-order valence-corrected chi connectivity index (χ4v) is 2.85. The number of aromatic nitrogens is 2. The lowest BCUT2D eigenvalue weighted by molar-refractivity contribution is -0.0530. The summed E-state index contributed by atoms with van der Waals surface area (Å²) in [6, 6.07) is 9.51. The van der Waals surface area contributed by atoms with Gasteiger partial charge in [-0.3, -0.25) is 14.3 Å². The lowest BCUT2D eigenvalue weighted by Crippen LogP contribution is -2.35. The molecule has 1 fully saturated rings. The molecule has 0 aliphatic carbocycles. The molecule has 0 saturated carbocycles. The summed E-state index contributed by atoms with van der Waals surface area (Å²) in [7, 11) is 0. The molecule has 0 unspecified atom stereocenters. The molecule has 4 atom stereocenters. The van der Waals surface area contributed by atoms with E-state index in [4.69, 9.17) is 21.1 Å². The Morgan fingerprint density at radius 3 is 2.68 bits per heavy atom. The van der Waals surface area contributed by atoms with Crippen molar-refractivity contribution in [2.75, 3.05) is 6.61 Å². The van der Waals surface area contributed by atoms with Crippen LogP contribution in [0.1, 0.15) is 16.6 Å². The smallest absolute Gasteiger partial charge is 0.338 e. The third-order valence-corrected chi connectivity index (χ3v) is 4.28. The maximum Gasteiger partial charge on any atom is 0.338 e. The van der Waals surface area contributed by atoms with Crippen LogP contribution in [0.3, 0.4) is 0 Å². The fraction of sp³-hybridized carbons (Fsp3) is 0.312. The van der Waals surface area contributed by atoms with Crippen molar-refractivity contribution in [3.8, 4) is 0 Å². The van der Waals surface area contributed by atoms with Crippen molar-refractivity contribution in [1.82, 2.24) is 9.55 Å². The van der Waals surface area contributed by atoms with Gasteiger partial charge in [0, 0.05) is 12.3 Å². The van der Waals surface area contributed by atoms with Crippen LogP contribution in [0.25, 0.3) is 0 Å². The molecule has 0 amide bonds. The Morgan fingerprint density at radius 2 is 2.00 bits per heavy atom. The van der Waals surface area contributed by atoms with Gasteiger partial charge in [-0.15, -0.1) is 11.6 Å². The second-order valence-corrected chi connectivity index (χ2v) is 5.99. The number of alkyl halides is 1. The van der Waals surface area contributed by atoms with Crippen molar-refractivity contribution in [3.63, 3.8) is 0 Å². The predicted octanol–water partition coefficient (Wildman–Crippen LogP) is 0.259. The summed E-state index contributed by atoms with van der Waals surface area (Å²) in [6.07, 6.45) is -1.83. The van der Waals surface area contributed by atoms with E-state index in [-0.39, 0.29) is 6.61 Å². The fourth-order valence-electron chi connectivity index (χ4n) is 2.51. The molecule has 25 heavy (non-hydrogen) atoms. The maximum absolute atomic E-state index is 11.9. The third-order valence-electron chi connectivity index (χ3n) is 3.81. The number of carbonyl (C=O) groups is 1. The average Bonchev–Trinajstić information content (AvgIpc) is 2.89. The molecule has 0 spiro atoms. The zero-order chi connectivity index (χ0) is 18.0. The van der Waals surface area contributed by atoms with Crippen molar-refractivity contribution >= 4 is 17.6 Å². The number of esters is 1. The van der Waals surface area contributed by atoms with Crippen LogP contribution in [-0.2, 0) is 9.47 Å². The van der Waals surface area contributed by atoms with Gasteiger partial charge in [-0.05, 0) is 12.1 Å². The molecule has 8 nitrogen and oxygen atoms in total. The molecule has 3 rings (SSSR count). The SMILES string of the molecule is O=C(OC[C@@H]1O[C@H](n2ccc(=O)[nH]c2=O)[C@H](Cl)[C@@H]1O)c1ccccc1. The molecule has 132 valence electrons. The Kier molecular flexibility index (Phi) is 5.03. The highest BCUT2D eigenvalue weighted by atomic mass is 35.5. The average molecular weight is 367 g/mol. The second kappa shape index (κ2) is 7.22. The standard InChI is InChI=1S/C16H15ClN2O6/c17-12-13(21)10(8-24-15(22)9-4-2-1-3-5-9)25-14(12)19-7-6-11(20)18-16(19)23/h1-7,10,12-14,21H,8H2,(H,18,20,23)/t10-,12+,13+,14-/m0/s1. The lowest BCUT2D eigenvalue weighted by atomic mass is 10.2. The van der Waals surface area contributed by atoms with E-state index in [9.17, 15) is 19.5 Å². The summed E-state index contributed by atoms with van der Waals surface area (Å²) in [6.45, 7) is -0.229. The van der Waals surface area contributed by atoms with Gasteiger partial charge in [-0.25, -0.2) is 9.59 Å². The first-order chi connectivity index (χ1) is 12.0.